The average molecular weight is 645 g/mol. The lowest BCUT2D eigenvalue weighted by molar-refractivity contribution is 0.102. The first-order valence-corrected chi connectivity index (χ1v) is 17.9. The van der Waals surface area contributed by atoms with Crippen molar-refractivity contribution >= 4 is 48.9 Å². The molecule has 2 heterocycles. The van der Waals surface area contributed by atoms with E-state index in [4.69, 9.17) is 11.6 Å². The molecule has 1 saturated heterocycles. The standard InChI is InChI=1S/C31H37ClN4O5S2/c1-3-35(4-2)42(38,39)26-13-15-29(34-17-8-5-9-18-34)28(21-26)33-31(37)24-12-14-27(32)30(20-24)43(40,41)36-19-16-23-10-6-7-11-25(23)22-36/h6-7,10-15,20-21H,3-5,8-9,16-19,22H2,1-2H3,(H,33,37). The molecule has 0 radical (unpaired) electrons. The van der Waals surface area contributed by atoms with Crippen LogP contribution >= 0.6 is 11.6 Å². The molecular weight excluding hydrogens is 608 g/mol. The van der Waals surface area contributed by atoms with Crippen molar-refractivity contribution in [3.8, 4) is 0 Å². The van der Waals surface area contributed by atoms with E-state index in [0.29, 0.717) is 31.7 Å². The second-order valence-electron chi connectivity index (χ2n) is 10.8. The van der Waals surface area contributed by atoms with Gasteiger partial charge in [-0.3, -0.25) is 4.79 Å². The highest BCUT2D eigenvalue weighted by Crippen LogP contribution is 2.34. The first kappa shape index (κ1) is 31.5. The molecule has 230 valence electrons. The second-order valence-corrected chi connectivity index (χ2v) is 15.0. The highest BCUT2D eigenvalue weighted by atomic mass is 35.5. The zero-order chi connectivity index (χ0) is 30.8. The molecule has 2 aliphatic heterocycles. The number of amides is 1. The predicted molar refractivity (Wildman–Crippen MR) is 170 cm³/mol. The molecule has 0 atom stereocenters. The Kier molecular flexibility index (Phi) is 9.48. The summed E-state index contributed by atoms with van der Waals surface area (Å²) in [4.78, 5) is 15.7. The largest absolute Gasteiger partial charge is 0.370 e. The van der Waals surface area contributed by atoms with Gasteiger partial charge in [0, 0.05) is 44.8 Å². The molecule has 1 fully saturated rings. The maximum absolute atomic E-state index is 13.7. The molecule has 9 nitrogen and oxygen atoms in total. The van der Waals surface area contributed by atoms with Crippen LogP contribution in [-0.4, -0.2) is 64.1 Å². The molecule has 0 saturated carbocycles. The third-order valence-corrected chi connectivity index (χ3v) is 12.5. The number of nitrogens with zero attached hydrogens (tertiary/aromatic N) is 3. The van der Waals surface area contributed by atoms with E-state index in [2.05, 4.69) is 10.2 Å². The summed E-state index contributed by atoms with van der Waals surface area (Å²) in [6, 6.07) is 16.7. The first-order valence-electron chi connectivity index (χ1n) is 14.6. The third kappa shape index (κ3) is 6.46. The third-order valence-electron chi connectivity index (χ3n) is 8.16. The van der Waals surface area contributed by atoms with Gasteiger partial charge in [-0.25, -0.2) is 16.8 Å². The van der Waals surface area contributed by atoms with E-state index in [9.17, 15) is 21.6 Å². The van der Waals surface area contributed by atoms with E-state index in [0.717, 1.165) is 49.2 Å². The fourth-order valence-corrected chi connectivity index (χ4v) is 9.15. The monoisotopic (exact) mass is 644 g/mol. The summed E-state index contributed by atoms with van der Waals surface area (Å²) < 4.78 is 56.8. The van der Waals surface area contributed by atoms with Crippen LogP contribution in [0.25, 0.3) is 0 Å². The lowest BCUT2D eigenvalue weighted by Gasteiger charge is -2.31. The van der Waals surface area contributed by atoms with Crippen molar-refractivity contribution in [1.29, 1.82) is 0 Å². The number of rotatable bonds is 9. The number of hydrogen-bond donors (Lipinski definition) is 1. The van der Waals surface area contributed by atoms with Crippen molar-refractivity contribution in [3.63, 3.8) is 0 Å². The Balaban J connectivity index is 1.47. The number of benzene rings is 3. The Bertz CT molecular complexity index is 1720. The van der Waals surface area contributed by atoms with Crippen molar-refractivity contribution < 1.29 is 21.6 Å². The Hall–Kier alpha value is -2.96. The summed E-state index contributed by atoms with van der Waals surface area (Å²) in [6.07, 6.45) is 3.68. The Morgan fingerprint density at radius 2 is 1.58 bits per heavy atom. The molecule has 12 heteroatoms. The maximum atomic E-state index is 13.7. The SMILES string of the molecule is CCN(CC)S(=O)(=O)c1ccc(N2CCCCC2)c(NC(=O)c2ccc(Cl)c(S(=O)(=O)N3CCc4ccccc4C3)c2)c1. The summed E-state index contributed by atoms with van der Waals surface area (Å²) in [7, 11) is -7.78. The predicted octanol–water partition coefficient (Wildman–Crippen LogP) is 5.36. The van der Waals surface area contributed by atoms with Gasteiger partial charge in [0.25, 0.3) is 5.91 Å². The van der Waals surface area contributed by atoms with Gasteiger partial charge >= 0.3 is 0 Å². The molecule has 0 aromatic heterocycles. The molecule has 3 aromatic rings. The van der Waals surface area contributed by atoms with Crippen LogP contribution < -0.4 is 10.2 Å². The summed E-state index contributed by atoms with van der Waals surface area (Å²) in [5, 5.41) is 2.91. The van der Waals surface area contributed by atoms with Crippen molar-refractivity contribution in [2.24, 2.45) is 0 Å². The van der Waals surface area contributed by atoms with Crippen LogP contribution in [0.5, 0.6) is 0 Å². The molecular formula is C31H37ClN4O5S2. The molecule has 5 rings (SSSR count). The van der Waals surface area contributed by atoms with Crippen LogP contribution in [0, 0.1) is 0 Å². The molecule has 0 aliphatic carbocycles. The summed E-state index contributed by atoms with van der Waals surface area (Å²) in [5.74, 6) is -0.562. The highest BCUT2D eigenvalue weighted by Gasteiger charge is 2.31. The molecule has 0 bridgehead atoms. The van der Waals surface area contributed by atoms with E-state index in [-0.39, 0.29) is 26.9 Å². The number of fused-ring (bicyclic) bond motifs is 1. The van der Waals surface area contributed by atoms with Gasteiger partial charge in [-0.2, -0.15) is 8.61 Å². The molecule has 3 aromatic carbocycles. The number of hydrogen-bond acceptors (Lipinski definition) is 6. The Morgan fingerprint density at radius 3 is 2.28 bits per heavy atom. The van der Waals surface area contributed by atoms with Gasteiger partial charge in [-0.05, 0) is 73.2 Å². The highest BCUT2D eigenvalue weighted by molar-refractivity contribution is 7.89. The summed E-state index contributed by atoms with van der Waals surface area (Å²) >= 11 is 6.40. The van der Waals surface area contributed by atoms with Crippen LogP contribution in [0.3, 0.4) is 0 Å². The Labute approximate surface area is 259 Å². The minimum absolute atomic E-state index is 0.0247. The topological polar surface area (TPSA) is 107 Å². The second kappa shape index (κ2) is 13.0. The van der Waals surface area contributed by atoms with Gasteiger partial charge in [0.05, 0.1) is 21.3 Å². The van der Waals surface area contributed by atoms with Crippen molar-refractivity contribution in [2.45, 2.75) is 55.9 Å². The lowest BCUT2D eigenvalue weighted by atomic mass is 10.0. The number of halogens is 1. The fraction of sp³-hybridized carbons (Fsp3) is 0.387. The number of sulfonamides is 2. The number of nitrogens with one attached hydrogen (secondary N) is 1. The van der Waals surface area contributed by atoms with Crippen LogP contribution in [0.15, 0.2) is 70.5 Å². The molecule has 1 amide bonds. The average Bonchev–Trinajstić information content (AvgIpc) is 3.01. The molecule has 0 unspecified atom stereocenters. The van der Waals surface area contributed by atoms with Gasteiger partial charge in [-0.1, -0.05) is 49.7 Å². The zero-order valence-corrected chi connectivity index (χ0v) is 26.8. The smallest absolute Gasteiger partial charge is 0.255 e. The maximum Gasteiger partial charge on any atom is 0.255 e. The van der Waals surface area contributed by atoms with Gasteiger partial charge in [-0.15, -0.1) is 0 Å². The lowest BCUT2D eigenvalue weighted by Crippen LogP contribution is -2.36. The van der Waals surface area contributed by atoms with Crippen LogP contribution in [0.1, 0.15) is 54.6 Å². The molecule has 43 heavy (non-hydrogen) atoms. The number of piperidine rings is 1. The summed E-state index contributed by atoms with van der Waals surface area (Å²) in [5.41, 5.74) is 3.23. The summed E-state index contributed by atoms with van der Waals surface area (Å²) in [6.45, 7) is 6.29. The van der Waals surface area contributed by atoms with Gasteiger partial charge in [0.15, 0.2) is 0 Å². The molecule has 2 aliphatic rings. The molecule has 0 spiro atoms. The minimum Gasteiger partial charge on any atom is -0.370 e. The minimum atomic E-state index is -4.00. The van der Waals surface area contributed by atoms with Crippen molar-refractivity contribution in [2.75, 3.05) is 42.9 Å². The van der Waals surface area contributed by atoms with Crippen LogP contribution in [0.4, 0.5) is 11.4 Å². The quantitative estimate of drug-likeness (QED) is 0.336. The first-order chi connectivity index (χ1) is 20.6. The fourth-order valence-electron chi connectivity index (χ4n) is 5.75. The van der Waals surface area contributed by atoms with Crippen LogP contribution in [-0.2, 0) is 33.0 Å². The Morgan fingerprint density at radius 1 is 0.884 bits per heavy atom. The number of carbonyl (C=O) groups is 1. The van der Waals surface area contributed by atoms with E-state index < -0.39 is 26.0 Å². The van der Waals surface area contributed by atoms with Crippen molar-refractivity contribution in [1.82, 2.24) is 8.61 Å². The van der Waals surface area contributed by atoms with Crippen LogP contribution in [0.2, 0.25) is 5.02 Å². The van der Waals surface area contributed by atoms with E-state index >= 15 is 0 Å². The van der Waals surface area contributed by atoms with Gasteiger partial charge < -0.3 is 10.2 Å². The number of anilines is 2. The van der Waals surface area contributed by atoms with E-state index in [1.807, 2.05) is 24.3 Å². The normalized spacial score (nSPS) is 16.2. The zero-order valence-electron chi connectivity index (χ0n) is 24.4. The molecule has 1 N–H and O–H groups in total. The van der Waals surface area contributed by atoms with Crippen molar-refractivity contribution in [3.05, 3.63) is 82.4 Å². The number of carbonyl (C=O) groups excluding carboxylic acids is 1. The van der Waals surface area contributed by atoms with E-state index in [1.165, 1.54) is 32.9 Å². The van der Waals surface area contributed by atoms with E-state index in [1.54, 1.807) is 26.0 Å². The van der Waals surface area contributed by atoms with Gasteiger partial charge in [0.2, 0.25) is 20.0 Å². The van der Waals surface area contributed by atoms with Gasteiger partial charge in [0.1, 0.15) is 4.90 Å².